The van der Waals surface area contributed by atoms with E-state index in [0.29, 0.717) is 6.29 Å². The predicted molar refractivity (Wildman–Crippen MR) is 48.9 cm³/mol. The van der Waals surface area contributed by atoms with Crippen molar-refractivity contribution in [1.82, 2.24) is 4.98 Å². The van der Waals surface area contributed by atoms with E-state index in [4.69, 9.17) is 16.9 Å². The van der Waals surface area contributed by atoms with E-state index in [1.54, 1.807) is 6.07 Å². The van der Waals surface area contributed by atoms with Crippen molar-refractivity contribution in [3.8, 4) is 6.07 Å². The van der Waals surface area contributed by atoms with Crippen LogP contribution in [0.4, 0.5) is 8.78 Å². The molecule has 6 heteroatoms. The molecule has 15 heavy (non-hydrogen) atoms. The summed E-state index contributed by atoms with van der Waals surface area (Å²) in [5, 5.41) is 8.62. The fraction of sp³-hybridized carbons (Fsp3) is 0.222. The highest BCUT2D eigenvalue weighted by molar-refractivity contribution is 6.17. The molecule has 0 unspecified atom stereocenters. The number of carbonyl (C=O) groups excluding carboxylic acids is 1. The molecule has 0 fully saturated rings. The van der Waals surface area contributed by atoms with Crippen LogP contribution in [0, 0.1) is 11.3 Å². The molecule has 0 aliphatic rings. The van der Waals surface area contributed by atoms with Gasteiger partial charge in [0.1, 0.15) is 11.8 Å². The first-order valence-electron chi connectivity index (χ1n) is 3.87. The molecular formula is C9H5ClF2N2O. The van der Waals surface area contributed by atoms with Crippen LogP contribution >= 0.6 is 11.6 Å². The lowest BCUT2D eigenvalue weighted by atomic mass is 10.1. The molecule has 1 rings (SSSR count). The van der Waals surface area contributed by atoms with Crippen molar-refractivity contribution in [2.45, 2.75) is 12.3 Å². The van der Waals surface area contributed by atoms with Gasteiger partial charge < -0.3 is 0 Å². The third-order valence-corrected chi connectivity index (χ3v) is 2.04. The summed E-state index contributed by atoms with van der Waals surface area (Å²) in [7, 11) is 0. The second-order valence-corrected chi connectivity index (χ2v) is 2.90. The van der Waals surface area contributed by atoms with Gasteiger partial charge in [-0.25, -0.2) is 13.8 Å². The van der Waals surface area contributed by atoms with E-state index in [1.807, 2.05) is 0 Å². The molecule has 0 atom stereocenters. The van der Waals surface area contributed by atoms with E-state index < -0.39 is 12.1 Å². The Morgan fingerprint density at radius 2 is 2.33 bits per heavy atom. The van der Waals surface area contributed by atoms with Gasteiger partial charge in [0.15, 0.2) is 12.0 Å². The highest BCUT2D eigenvalue weighted by Gasteiger charge is 2.16. The van der Waals surface area contributed by atoms with Crippen LogP contribution in [0.1, 0.15) is 33.7 Å². The number of nitrogens with zero attached hydrogens (tertiary/aromatic N) is 2. The highest BCUT2D eigenvalue weighted by atomic mass is 35.5. The average molecular weight is 231 g/mol. The highest BCUT2D eigenvalue weighted by Crippen LogP contribution is 2.22. The molecule has 1 heterocycles. The molecule has 3 nitrogen and oxygen atoms in total. The number of aldehydes is 1. The Kier molecular flexibility index (Phi) is 3.69. The molecule has 0 aliphatic carbocycles. The SMILES string of the molecule is N#Cc1nc(C(F)F)cc(CCl)c1C=O. The second-order valence-electron chi connectivity index (χ2n) is 2.63. The summed E-state index contributed by atoms with van der Waals surface area (Å²) < 4.78 is 24.7. The van der Waals surface area contributed by atoms with E-state index in [0.717, 1.165) is 6.07 Å². The van der Waals surface area contributed by atoms with Crippen molar-refractivity contribution < 1.29 is 13.6 Å². The van der Waals surface area contributed by atoms with Crippen molar-refractivity contribution in [2.24, 2.45) is 0 Å². The minimum atomic E-state index is -2.79. The van der Waals surface area contributed by atoms with E-state index in [1.165, 1.54) is 0 Å². The summed E-state index contributed by atoms with van der Waals surface area (Å²) >= 11 is 5.48. The summed E-state index contributed by atoms with van der Waals surface area (Å²) in [4.78, 5) is 14.0. The number of aromatic nitrogens is 1. The molecule has 0 N–H and O–H groups in total. The van der Waals surface area contributed by atoms with Crippen LogP contribution in [0.5, 0.6) is 0 Å². The molecule has 0 spiro atoms. The largest absolute Gasteiger partial charge is 0.298 e. The third-order valence-electron chi connectivity index (χ3n) is 1.76. The lowest BCUT2D eigenvalue weighted by Crippen LogP contribution is -2.02. The van der Waals surface area contributed by atoms with Crippen molar-refractivity contribution in [1.29, 1.82) is 5.26 Å². The number of carbonyl (C=O) groups is 1. The van der Waals surface area contributed by atoms with Gasteiger partial charge in [-0.05, 0) is 11.6 Å². The Morgan fingerprint density at radius 3 is 2.73 bits per heavy atom. The van der Waals surface area contributed by atoms with Crippen LogP contribution in [0.25, 0.3) is 0 Å². The molecular weight excluding hydrogens is 226 g/mol. The fourth-order valence-electron chi connectivity index (χ4n) is 1.07. The van der Waals surface area contributed by atoms with Crippen LogP contribution in [0.2, 0.25) is 0 Å². The van der Waals surface area contributed by atoms with E-state index in [2.05, 4.69) is 4.98 Å². The molecule has 78 valence electrons. The molecule has 0 aromatic carbocycles. The molecule has 0 saturated carbocycles. The van der Waals surface area contributed by atoms with E-state index in [9.17, 15) is 13.6 Å². The monoisotopic (exact) mass is 230 g/mol. The smallest absolute Gasteiger partial charge is 0.280 e. The fourth-order valence-corrected chi connectivity index (χ4v) is 1.29. The van der Waals surface area contributed by atoms with Crippen LogP contribution in [0.3, 0.4) is 0 Å². The number of pyridine rings is 1. The van der Waals surface area contributed by atoms with Gasteiger partial charge in [-0.3, -0.25) is 4.79 Å². The quantitative estimate of drug-likeness (QED) is 0.592. The van der Waals surface area contributed by atoms with Gasteiger partial charge in [0.05, 0.1) is 5.56 Å². The van der Waals surface area contributed by atoms with E-state index >= 15 is 0 Å². The minimum absolute atomic E-state index is 0.0306. The summed E-state index contributed by atoms with van der Waals surface area (Å²) in [6, 6.07) is 2.61. The lowest BCUT2D eigenvalue weighted by molar-refractivity contribution is 0.112. The summed E-state index contributed by atoms with van der Waals surface area (Å²) in [5.74, 6) is -0.120. The van der Waals surface area contributed by atoms with Gasteiger partial charge in [-0.15, -0.1) is 11.6 Å². The lowest BCUT2D eigenvalue weighted by Gasteiger charge is -2.05. The number of rotatable bonds is 3. The maximum atomic E-state index is 12.3. The Hall–Kier alpha value is -1.54. The number of nitriles is 1. The normalized spacial score (nSPS) is 10.1. The van der Waals surface area contributed by atoms with Gasteiger partial charge >= 0.3 is 0 Å². The van der Waals surface area contributed by atoms with Gasteiger partial charge in [0.25, 0.3) is 6.43 Å². The van der Waals surface area contributed by atoms with Crippen LogP contribution < -0.4 is 0 Å². The molecule has 0 amide bonds. The standard InChI is InChI=1S/C9H5ClF2N2O/c10-2-5-1-7(9(11)12)14-8(3-13)6(5)4-15/h1,4,9H,2H2. The Balaban J connectivity index is 3.44. The molecule has 0 aliphatic heterocycles. The molecule has 1 aromatic rings. The predicted octanol–water partition coefficient (Wildman–Crippen LogP) is 2.44. The maximum Gasteiger partial charge on any atom is 0.280 e. The van der Waals surface area contributed by atoms with Gasteiger partial charge in [-0.1, -0.05) is 0 Å². The Labute approximate surface area is 89.3 Å². The zero-order valence-electron chi connectivity index (χ0n) is 7.38. The Morgan fingerprint density at radius 1 is 1.67 bits per heavy atom. The minimum Gasteiger partial charge on any atom is -0.298 e. The molecule has 0 radical (unpaired) electrons. The van der Waals surface area contributed by atoms with Gasteiger partial charge in [0.2, 0.25) is 0 Å². The van der Waals surface area contributed by atoms with Crippen LogP contribution in [-0.4, -0.2) is 11.3 Å². The van der Waals surface area contributed by atoms with E-state index in [-0.39, 0.29) is 22.7 Å². The zero-order chi connectivity index (χ0) is 11.4. The average Bonchev–Trinajstić information content (AvgIpc) is 2.26. The van der Waals surface area contributed by atoms with Crippen LogP contribution in [-0.2, 0) is 5.88 Å². The first-order valence-corrected chi connectivity index (χ1v) is 4.40. The summed E-state index contributed by atoms with van der Waals surface area (Å²) in [6.45, 7) is 0. The van der Waals surface area contributed by atoms with Gasteiger partial charge in [0, 0.05) is 5.88 Å². The van der Waals surface area contributed by atoms with Crippen molar-refractivity contribution in [3.63, 3.8) is 0 Å². The maximum absolute atomic E-state index is 12.3. The van der Waals surface area contributed by atoms with Crippen molar-refractivity contribution in [2.75, 3.05) is 0 Å². The zero-order valence-corrected chi connectivity index (χ0v) is 8.13. The number of alkyl halides is 3. The molecule has 0 saturated heterocycles. The number of hydrogen-bond acceptors (Lipinski definition) is 3. The topological polar surface area (TPSA) is 53.8 Å². The second kappa shape index (κ2) is 4.80. The first-order chi connectivity index (χ1) is 7.13. The summed E-state index contributed by atoms with van der Waals surface area (Å²) in [6.07, 6.45) is -2.40. The molecule has 0 bridgehead atoms. The van der Waals surface area contributed by atoms with Crippen molar-refractivity contribution >= 4 is 17.9 Å². The number of halogens is 3. The Bertz CT molecular complexity index is 429. The third kappa shape index (κ3) is 2.28. The van der Waals surface area contributed by atoms with Crippen LogP contribution in [0.15, 0.2) is 6.07 Å². The first kappa shape index (κ1) is 11.5. The summed E-state index contributed by atoms with van der Waals surface area (Å²) in [5.41, 5.74) is -0.711. The molecule has 1 aromatic heterocycles. The number of hydrogen-bond donors (Lipinski definition) is 0. The van der Waals surface area contributed by atoms with Crippen molar-refractivity contribution in [3.05, 3.63) is 28.6 Å². The van der Waals surface area contributed by atoms with Gasteiger partial charge in [-0.2, -0.15) is 5.26 Å².